The van der Waals surface area contributed by atoms with Gasteiger partial charge >= 0.3 is 0 Å². The molecule has 0 atom stereocenters. The summed E-state index contributed by atoms with van der Waals surface area (Å²) in [5.41, 5.74) is 4.28. The molecule has 0 saturated carbocycles. The second-order valence-electron chi connectivity index (χ2n) is 6.93. The van der Waals surface area contributed by atoms with Crippen molar-refractivity contribution in [3.63, 3.8) is 0 Å². The predicted octanol–water partition coefficient (Wildman–Crippen LogP) is 5.13. The van der Waals surface area contributed by atoms with Crippen LogP contribution in [0.25, 0.3) is 6.08 Å². The molecular weight excluding hydrogens is 286 g/mol. The molecule has 1 N–H and O–H groups in total. The third-order valence-corrected chi connectivity index (χ3v) is 4.50. The summed E-state index contributed by atoms with van der Waals surface area (Å²) < 4.78 is 5.53. The topological polar surface area (TPSA) is 42.2 Å². The van der Waals surface area contributed by atoms with Crippen LogP contribution in [0.3, 0.4) is 0 Å². The number of allylic oxidation sites excluding steroid dienone is 5. The van der Waals surface area contributed by atoms with Gasteiger partial charge in [0.1, 0.15) is 5.76 Å². The van der Waals surface area contributed by atoms with Gasteiger partial charge in [-0.25, -0.2) is 0 Å². The molecule has 3 heteroatoms. The molecule has 124 valence electrons. The average Bonchev–Trinajstić information content (AvgIpc) is 2.93. The van der Waals surface area contributed by atoms with Crippen LogP contribution in [0.1, 0.15) is 63.3 Å². The minimum Gasteiger partial charge on any atom is -0.452 e. The summed E-state index contributed by atoms with van der Waals surface area (Å²) in [5, 5.41) is 2.56. The van der Waals surface area contributed by atoms with E-state index in [0.717, 1.165) is 5.57 Å². The van der Waals surface area contributed by atoms with Crippen LogP contribution in [0.5, 0.6) is 0 Å². The van der Waals surface area contributed by atoms with Crippen molar-refractivity contribution < 1.29 is 9.21 Å². The Bertz CT molecular complexity index is 672. The quantitative estimate of drug-likeness (QED) is 0.783. The maximum absolute atomic E-state index is 11.5. The molecule has 0 spiro atoms. The highest BCUT2D eigenvalue weighted by molar-refractivity contribution is 5.91. The Balaban J connectivity index is 2.16. The van der Waals surface area contributed by atoms with E-state index in [2.05, 4.69) is 38.2 Å². The van der Waals surface area contributed by atoms with Crippen LogP contribution in [-0.2, 0) is 0 Å². The highest BCUT2D eigenvalue weighted by Crippen LogP contribution is 2.40. The summed E-state index contributed by atoms with van der Waals surface area (Å²) in [4.78, 5) is 11.5. The normalized spacial score (nSPS) is 18.6. The van der Waals surface area contributed by atoms with Crippen LogP contribution in [0.15, 0.2) is 45.4 Å². The third kappa shape index (κ3) is 4.25. The van der Waals surface area contributed by atoms with Crippen molar-refractivity contribution in [2.45, 2.75) is 47.0 Å². The van der Waals surface area contributed by atoms with E-state index in [1.54, 1.807) is 13.1 Å². The zero-order chi connectivity index (χ0) is 17.0. The molecule has 0 aromatic carbocycles. The maximum atomic E-state index is 11.5. The molecule has 3 nitrogen and oxygen atoms in total. The van der Waals surface area contributed by atoms with Gasteiger partial charge in [0, 0.05) is 7.05 Å². The standard InChI is InChI=1S/C20H27NO2/c1-14(13-16-9-11-18(23-16)19(22)21-5)8-10-17-15(2)7-6-12-20(17,3)4/h8-11,13H,6-7,12H2,1-5H3,(H,21,22)/b10-8+,14-13+. The van der Waals surface area contributed by atoms with Crippen LogP contribution in [0, 0.1) is 5.41 Å². The van der Waals surface area contributed by atoms with E-state index in [1.807, 2.05) is 19.1 Å². The summed E-state index contributed by atoms with van der Waals surface area (Å²) in [6.07, 6.45) is 10.0. The molecule has 0 aliphatic heterocycles. The number of furan rings is 1. The molecule has 0 radical (unpaired) electrons. The van der Waals surface area contributed by atoms with Crippen molar-refractivity contribution in [1.82, 2.24) is 5.32 Å². The fraction of sp³-hybridized carbons (Fsp3) is 0.450. The van der Waals surface area contributed by atoms with Crippen molar-refractivity contribution in [2.75, 3.05) is 7.05 Å². The number of hydrogen-bond acceptors (Lipinski definition) is 2. The van der Waals surface area contributed by atoms with Crippen molar-refractivity contribution >= 4 is 12.0 Å². The van der Waals surface area contributed by atoms with Crippen molar-refractivity contribution in [3.8, 4) is 0 Å². The van der Waals surface area contributed by atoms with Crippen LogP contribution in [-0.4, -0.2) is 13.0 Å². The Morgan fingerprint density at radius 1 is 1.35 bits per heavy atom. The maximum Gasteiger partial charge on any atom is 0.286 e. The summed E-state index contributed by atoms with van der Waals surface area (Å²) >= 11 is 0. The molecule has 0 saturated heterocycles. The number of carbonyl (C=O) groups is 1. The van der Waals surface area contributed by atoms with Crippen molar-refractivity contribution in [2.24, 2.45) is 5.41 Å². The first-order valence-corrected chi connectivity index (χ1v) is 8.22. The van der Waals surface area contributed by atoms with Gasteiger partial charge in [0.25, 0.3) is 5.91 Å². The van der Waals surface area contributed by atoms with E-state index in [1.165, 1.54) is 30.4 Å². The molecule has 1 aliphatic carbocycles. The Morgan fingerprint density at radius 3 is 2.74 bits per heavy atom. The average molecular weight is 313 g/mol. The second kappa shape index (κ2) is 7.03. The third-order valence-electron chi connectivity index (χ3n) is 4.50. The lowest BCUT2D eigenvalue weighted by Crippen LogP contribution is -2.19. The van der Waals surface area contributed by atoms with Gasteiger partial charge in [-0.05, 0) is 67.9 Å². The zero-order valence-corrected chi connectivity index (χ0v) is 14.8. The molecule has 2 rings (SSSR count). The minimum atomic E-state index is -0.206. The number of nitrogens with one attached hydrogen (secondary N) is 1. The Hall–Kier alpha value is -2.03. The smallest absolute Gasteiger partial charge is 0.286 e. The number of carbonyl (C=O) groups excluding carboxylic acids is 1. The first kappa shape index (κ1) is 17.3. The number of amides is 1. The summed E-state index contributed by atoms with van der Waals surface area (Å²) in [6.45, 7) is 8.92. The van der Waals surface area contributed by atoms with E-state index in [4.69, 9.17) is 4.42 Å². The number of hydrogen-bond donors (Lipinski definition) is 1. The van der Waals surface area contributed by atoms with Gasteiger partial charge in [0.2, 0.25) is 0 Å². The Labute approximate surface area is 139 Å². The zero-order valence-electron chi connectivity index (χ0n) is 14.8. The molecule has 1 aromatic rings. The highest BCUT2D eigenvalue weighted by Gasteiger charge is 2.26. The lowest BCUT2D eigenvalue weighted by molar-refractivity contribution is 0.0935. The predicted molar refractivity (Wildman–Crippen MR) is 95.2 cm³/mol. The van der Waals surface area contributed by atoms with Gasteiger partial charge in [0.05, 0.1) is 0 Å². The van der Waals surface area contributed by atoms with Gasteiger partial charge < -0.3 is 9.73 Å². The highest BCUT2D eigenvalue weighted by atomic mass is 16.3. The molecule has 1 aromatic heterocycles. The molecule has 0 bridgehead atoms. The first-order chi connectivity index (χ1) is 10.8. The largest absolute Gasteiger partial charge is 0.452 e. The van der Waals surface area contributed by atoms with Gasteiger partial charge in [-0.3, -0.25) is 4.79 Å². The van der Waals surface area contributed by atoms with Gasteiger partial charge in [-0.1, -0.05) is 31.6 Å². The number of rotatable bonds is 4. The Kier molecular flexibility index (Phi) is 5.30. The van der Waals surface area contributed by atoms with Gasteiger partial charge in [-0.2, -0.15) is 0 Å². The molecule has 23 heavy (non-hydrogen) atoms. The van der Waals surface area contributed by atoms with Gasteiger partial charge in [-0.15, -0.1) is 0 Å². The fourth-order valence-corrected chi connectivity index (χ4v) is 3.17. The molecule has 0 unspecified atom stereocenters. The van der Waals surface area contributed by atoms with E-state index >= 15 is 0 Å². The monoisotopic (exact) mass is 313 g/mol. The second-order valence-corrected chi connectivity index (χ2v) is 6.93. The van der Waals surface area contributed by atoms with Crippen LogP contribution in [0.2, 0.25) is 0 Å². The van der Waals surface area contributed by atoms with Crippen LogP contribution >= 0.6 is 0 Å². The molecular formula is C20H27NO2. The van der Waals surface area contributed by atoms with E-state index in [0.29, 0.717) is 11.5 Å². The van der Waals surface area contributed by atoms with E-state index < -0.39 is 0 Å². The molecule has 1 aliphatic rings. The fourth-order valence-electron chi connectivity index (χ4n) is 3.17. The molecule has 1 amide bonds. The van der Waals surface area contributed by atoms with Crippen molar-refractivity contribution in [1.29, 1.82) is 0 Å². The summed E-state index contributed by atoms with van der Waals surface area (Å²) in [7, 11) is 1.59. The first-order valence-electron chi connectivity index (χ1n) is 8.22. The van der Waals surface area contributed by atoms with Gasteiger partial charge in [0.15, 0.2) is 5.76 Å². The molecule has 1 heterocycles. The van der Waals surface area contributed by atoms with E-state index in [-0.39, 0.29) is 11.3 Å². The van der Waals surface area contributed by atoms with E-state index in [9.17, 15) is 4.79 Å². The van der Waals surface area contributed by atoms with Crippen LogP contribution in [0.4, 0.5) is 0 Å². The SMILES string of the molecule is CNC(=O)c1ccc(/C=C(C)/C=C/C2=C(C)CCCC2(C)C)o1. The Morgan fingerprint density at radius 2 is 2.09 bits per heavy atom. The summed E-state index contributed by atoms with van der Waals surface area (Å²) in [6, 6.07) is 3.51. The summed E-state index contributed by atoms with van der Waals surface area (Å²) in [5.74, 6) is 0.824. The van der Waals surface area contributed by atoms with Crippen LogP contribution < -0.4 is 5.32 Å². The minimum absolute atomic E-state index is 0.206. The lowest BCUT2D eigenvalue weighted by Gasteiger charge is -2.32. The molecule has 0 fully saturated rings. The lowest BCUT2D eigenvalue weighted by atomic mass is 9.72. The van der Waals surface area contributed by atoms with Crippen molar-refractivity contribution in [3.05, 3.63) is 52.5 Å².